The van der Waals surface area contributed by atoms with Gasteiger partial charge in [-0.2, -0.15) is 0 Å². The molecule has 0 spiro atoms. The van der Waals surface area contributed by atoms with Gasteiger partial charge in [0.1, 0.15) is 30.2 Å². The molecule has 0 aliphatic carbocycles. The molecule has 1 aromatic carbocycles. The lowest BCUT2D eigenvalue weighted by atomic mass is 9.97. The number of hydrogen-bond acceptors (Lipinski definition) is 5. The first-order valence-electron chi connectivity index (χ1n) is 16.5. The Morgan fingerprint density at radius 2 is 0.911 bits per heavy atom. The van der Waals surface area contributed by atoms with Crippen molar-refractivity contribution in [3.8, 4) is 0 Å². The van der Waals surface area contributed by atoms with E-state index in [-0.39, 0.29) is 36.0 Å². The number of nitrogens with zero attached hydrogens (tertiary/aromatic N) is 2. The first kappa shape index (κ1) is 37.8. The van der Waals surface area contributed by atoms with Gasteiger partial charge in [-0.15, -0.1) is 0 Å². The van der Waals surface area contributed by atoms with E-state index in [1.54, 1.807) is 14.1 Å². The molecule has 10 nitrogen and oxygen atoms in total. The number of hydrogen-bond donors (Lipinski definition) is 3. The van der Waals surface area contributed by atoms with Crippen LogP contribution in [0.1, 0.15) is 86.6 Å². The molecule has 5 amide bonds. The zero-order valence-corrected chi connectivity index (χ0v) is 29.1. The number of likely N-dealkylation sites (N-methyl/N-ethyl adjacent to an activating group) is 2. The molecule has 0 bridgehead atoms. The van der Waals surface area contributed by atoms with Gasteiger partial charge in [0, 0.05) is 20.5 Å². The summed E-state index contributed by atoms with van der Waals surface area (Å²) < 4.78 is 0. The van der Waals surface area contributed by atoms with Crippen molar-refractivity contribution >= 4 is 29.5 Å². The van der Waals surface area contributed by atoms with Gasteiger partial charge in [0.15, 0.2) is 0 Å². The molecule has 3 N–H and O–H groups in total. The van der Waals surface area contributed by atoms with E-state index in [2.05, 4.69) is 16.0 Å². The Morgan fingerprint density at radius 3 is 1.36 bits per heavy atom. The summed E-state index contributed by atoms with van der Waals surface area (Å²) in [4.78, 5) is 72.8. The summed E-state index contributed by atoms with van der Waals surface area (Å²) in [6, 6.07) is 4.86. The Kier molecular flexibility index (Phi) is 14.5. The topological polar surface area (TPSA) is 128 Å². The second-order valence-electron chi connectivity index (χ2n) is 14.3. The van der Waals surface area contributed by atoms with E-state index in [4.69, 9.17) is 0 Å². The third kappa shape index (κ3) is 11.5. The molecule has 1 heterocycles. The van der Waals surface area contributed by atoms with E-state index in [1.807, 2.05) is 85.7 Å². The van der Waals surface area contributed by atoms with Crippen molar-refractivity contribution < 1.29 is 24.0 Å². The molecular weight excluding hydrogens is 570 g/mol. The molecule has 1 aromatic rings. The SMILES string of the molecule is CC(C)C[C@@H]1NC(=O)[C@H](CC(C)C)N(C)C(=O)[C@H](CC(C)C)NC(=O)[C@H](CC(C)C)N(C)C(=O)[C@@H](Cc2ccccc2)NC1=O. The molecule has 1 fully saturated rings. The highest BCUT2D eigenvalue weighted by atomic mass is 16.2. The van der Waals surface area contributed by atoms with Crippen molar-refractivity contribution in [2.75, 3.05) is 14.1 Å². The first-order valence-corrected chi connectivity index (χ1v) is 16.5. The Balaban J connectivity index is 2.72. The lowest BCUT2D eigenvalue weighted by Gasteiger charge is -2.34. The average molecular weight is 628 g/mol. The van der Waals surface area contributed by atoms with Crippen LogP contribution in [-0.4, -0.2) is 83.6 Å². The molecule has 1 aliphatic rings. The van der Waals surface area contributed by atoms with Crippen LogP contribution in [0.3, 0.4) is 0 Å². The quantitative estimate of drug-likeness (QED) is 0.366. The van der Waals surface area contributed by atoms with Gasteiger partial charge in [-0.25, -0.2) is 0 Å². The molecule has 1 saturated heterocycles. The van der Waals surface area contributed by atoms with E-state index in [1.165, 1.54) is 9.80 Å². The molecular formula is C35H57N5O5. The average Bonchev–Trinajstić information content (AvgIpc) is 2.95. The number of amides is 5. The van der Waals surface area contributed by atoms with E-state index in [0.717, 1.165) is 5.56 Å². The van der Waals surface area contributed by atoms with Crippen molar-refractivity contribution in [2.45, 2.75) is 118 Å². The Labute approximate surface area is 270 Å². The number of carbonyl (C=O) groups excluding carboxylic acids is 5. The van der Waals surface area contributed by atoms with E-state index in [0.29, 0.717) is 25.7 Å². The van der Waals surface area contributed by atoms with Gasteiger partial charge in [0.2, 0.25) is 29.5 Å². The van der Waals surface area contributed by atoms with Gasteiger partial charge in [0.25, 0.3) is 0 Å². The first-order chi connectivity index (χ1) is 21.0. The van der Waals surface area contributed by atoms with Crippen LogP contribution >= 0.6 is 0 Å². The summed E-state index contributed by atoms with van der Waals surface area (Å²) in [7, 11) is 3.16. The normalized spacial score (nSPS) is 24.6. The maximum atomic E-state index is 14.2. The number of rotatable bonds is 10. The van der Waals surface area contributed by atoms with E-state index < -0.39 is 53.8 Å². The molecule has 252 valence electrons. The number of nitrogens with one attached hydrogen (secondary N) is 3. The minimum absolute atomic E-state index is 0.0599. The Morgan fingerprint density at radius 1 is 0.533 bits per heavy atom. The zero-order valence-electron chi connectivity index (χ0n) is 29.1. The van der Waals surface area contributed by atoms with Crippen LogP contribution in [0.5, 0.6) is 0 Å². The van der Waals surface area contributed by atoms with Crippen molar-refractivity contribution in [3.63, 3.8) is 0 Å². The molecule has 0 radical (unpaired) electrons. The van der Waals surface area contributed by atoms with Crippen LogP contribution in [0.4, 0.5) is 0 Å². The van der Waals surface area contributed by atoms with Crippen LogP contribution in [0.15, 0.2) is 30.3 Å². The van der Waals surface area contributed by atoms with Crippen LogP contribution in [-0.2, 0) is 30.4 Å². The van der Waals surface area contributed by atoms with Crippen molar-refractivity contribution in [1.29, 1.82) is 0 Å². The summed E-state index contributed by atoms with van der Waals surface area (Å²) >= 11 is 0. The summed E-state index contributed by atoms with van der Waals surface area (Å²) in [6.45, 7) is 15.7. The highest BCUT2D eigenvalue weighted by Gasteiger charge is 2.39. The standard InChI is InChI=1S/C35H57N5O5/c1-21(2)16-26-31(41)37-28(20-25-14-12-11-13-15-25)35(45)40(10)30(19-24(7)8)33(43)38-27(17-22(3)4)34(44)39(9)29(18-23(5)6)32(42)36-26/h11-15,21-24,26-30H,16-20H2,1-10H3,(H,36,42)(H,37,41)(H,38,43)/t26-,27-,28+,29-,30-/m0/s1. The smallest absolute Gasteiger partial charge is 0.245 e. The van der Waals surface area contributed by atoms with Gasteiger partial charge in [-0.1, -0.05) is 85.7 Å². The van der Waals surface area contributed by atoms with Gasteiger partial charge in [0.05, 0.1) is 0 Å². The summed E-state index contributed by atoms with van der Waals surface area (Å²) in [5.74, 6) is -1.88. The fourth-order valence-corrected chi connectivity index (χ4v) is 5.83. The van der Waals surface area contributed by atoms with Gasteiger partial charge < -0.3 is 25.8 Å². The number of carbonyl (C=O) groups is 5. The zero-order chi connectivity index (χ0) is 34.0. The Hall–Kier alpha value is -3.43. The minimum atomic E-state index is -0.980. The van der Waals surface area contributed by atoms with E-state index >= 15 is 0 Å². The van der Waals surface area contributed by atoms with Gasteiger partial charge >= 0.3 is 0 Å². The van der Waals surface area contributed by atoms with Crippen LogP contribution in [0.2, 0.25) is 0 Å². The monoisotopic (exact) mass is 627 g/mol. The Bertz CT molecular complexity index is 1150. The van der Waals surface area contributed by atoms with Crippen LogP contribution in [0, 0.1) is 23.7 Å². The number of benzene rings is 1. The summed E-state index contributed by atoms with van der Waals surface area (Å²) in [6.07, 6.45) is 1.66. The second-order valence-corrected chi connectivity index (χ2v) is 14.3. The molecule has 10 heteroatoms. The maximum absolute atomic E-state index is 14.2. The summed E-state index contributed by atoms with van der Waals surface area (Å²) in [5, 5.41) is 8.82. The molecule has 0 unspecified atom stereocenters. The van der Waals surface area contributed by atoms with Crippen LogP contribution in [0.25, 0.3) is 0 Å². The maximum Gasteiger partial charge on any atom is 0.245 e. The largest absolute Gasteiger partial charge is 0.343 e. The molecule has 5 atom stereocenters. The molecule has 1 aliphatic heterocycles. The minimum Gasteiger partial charge on any atom is -0.343 e. The fourth-order valence-electron chi connectivity index (χ4n) is 5.83. The lowest BCUT2D eigenvalue weighted by molar-refractivity contribution is -0.145. The summed E-state index contributed by atoms with van der Waals surface area (Å²) in [5.41, 5.74) is 0.845. The third-order valence-electron chi connectivity index (χ3n) is 8.18. The third-order valence-corrected chi connectivity index (χ3v) is 8.18. The van der Waals surface area contributed by atoms with E-state index in [9.17, 15) is 24.0 Å². The highest BCUT2D eigenvalue weighted by Crippen LogP contribution is 2.19. The van der Waals surface area contributed by atoms with Gasteiger partial charge in [-0.05, 0) is 54.9 Å². The van der Waals surface area contributed by atoms with Gasteiger partial charge in [-0.3, -0.25) is 24.0 Å². The predicted molar refractivity (Wildman–Crippen MR) is 177 cm³/mol. The van der Waals surface area contributed by atoms with Crippen molar-refractivity contribution in [1.82, 2.24) is 25.8 Å². The van der Waals surface area contributed by atoms with Crippen molar-refractivity contribution in [3.05, 3.63) is 35.9 Å². The molecule has 0 aromatic heterocycles. The second kappa shape index (κ2) is 17.3. The highest BCUT2D eigenvalue weighted by molar-refractivity contribution is 5.98. The molecule has 45 heavy (non-hydrogen) atoms. The van der Waals surface area contributed by atoms with Crippen LogP contribution < -0.4 is 16.0 Å². The predicted octanol–water partition coefficient (Wildman–Crippen LogP) is 3.54. The molecule has 0 saturated carbocycles. The fraction of sp³-hybridized carbons (Fsp3) is 0.686. The van der Waals surface area contributed by atoms with Crippen molar-refractivity contribution in [2.24, 2.45) is 23.7 Å². The lowest BCUT2D eigenvalue weighted by Crippen LogP contribution is -2.58. The molecule has 2 rings (SSSR count).